The Labute approximate surface area is 136 Å². The molecule has 0 spiro atoms. The topological polar surface area (TPSA) is 89.4 Å². The third-order valence-electron chi connectivity index (χ3n) is 3.36. The molecule has 0 amide bonds. The lowest BCUT2D eigenvalue weighted by Gasteiger charge is -2.01. The monoisotopic (exact) mass is 330 g/mol. The van der Waals surface area contributed by atoms with Gasteiger partial charge in [0.15, 0.2) is 5.75 Å². The minimum atomic E-state index is -0.479. The maximum Gasteiger partial charge on any atom is 0.277 e. The van der Waals surface area contributed by atoms with E-state index < -0.39 is 11.2 Å². The maximum atomic E-state index is 11.3. The summed E-state index contributed by atoms with van der Waals surface area (Å²) in [7, 11) is 0. The summed E-state index contributed by atoms with van der Waals surface area (Å²) >= 11 is 1.26. The second kappa shape index (κ2) is 6.29. The van der Waals surface area contributed by atoms with Crippen LogP contribution in [0, 0.1) is 13.8 Å². The molecule has 7 heteroatoms. The van der Waals surface area contributed by atoms with Crippen LogP contribution in [0.4, 0.5) is 0 Å². The zero-order valence-electron chi connectivity index (χ0n) is 12.6. The third kappa shape index (κ3) is 3.45. The Hall–Kier alpha value is -2.54. The van der Waals surface area contributed by atoms with Crippen molar-refractivity contribution in [2.75, 3.05) is 0 Å². The van der Waals surface area contributed by atoms with Crippen LogP contribution in [-0.2, 0) is 5.75 Å². The van der Waals surface area contributed by atoms with Gasteiger partial charge in [-0.3, -0.25) is 4.79 Å². The fraction of sp³-hybridized carbons (Fsp3) is 0.188. The Morgan fingerprint density at radius 2 is 2.00 bits per heavy atom. The molecule has 0 bridgehead atoms. The van der Waals surface area contributed by atoms with Crippen LogP contribution < -0.4 is 5.43 Å². The predicted octanol–water partition coefficient (Wildman–Crippen LogP) is 3.30. The normalized spacial score (nSPS) is 10.9. The highest BCUT2D eigenvalue weighted by Crippen LogP contribution is 2.26. The van der Waals surface area contributed by atoms with E-state index in [-0.39, 0.29) is 0 Å². The highest BCUT2D eigenvalue weighted by atomic mass is 32.2. The average molecular weight is 330 g/mol. The van der Waals surface area contributed by atoms with Crippen molar-refractivity contribution >= 4 is 11.8 Å². The molecular formula is C16H14N2O4S. The number of benzene rings is 1. The molecule has 1 N–H and O–H groups in total. The van der Waals surface area contributed by atoms with Gasteiger partial charge in [0.25, 0.3) is 5.22 Å². The number of thioether (sulfide) groups is 1. The highest BCUT2D eigenvalue weighted by Gasteiger charge is 2.11. The van der Waals surface area contributed by atoms with Crippen LogP contribution in [0.25, 0.3) is 11.5 Å². The second-order valence-electron chi connectivity index (χ2n) is 5.06. The van der Waals surface area contributed by atoms with E-state index in [2.05, 4.69) is 10.2 Å². The van der Waals surface area contributed by atoms with E-state index in [1.165, 1.54) is 23.4 Å². The van der Waals surface area contributed by atoms with Crippen LogP contribution in [0.2, 0.25) is 0 Å². The molecule has 23 heavy (non-hydrogen) atoms. The minimum absolute atomic E-state index is 0.351. The summed E-state index contributed by atoms with van der Waals surface area (Å²) in [6.07, 6.45) is 1.02. The van der Waals surface area contributed by atoms with Gasteiger partial charge >= 0.3 is 0 Å². The fourth-order valence-corrected chi connectivity index (χ4v) is 2.57. The van der Waals surface area contributed by atoms with Crippen LogP contribution in [0.1, 0.15) is 16.9 Å². The largest absolute Gasteiger partial charge is 0.502 e. The van der Waals surface area contributed by atoms with E-state index in [1.807, 2.05) is 32.0 Å². The van der Waals surface area contributed by atoms with E-state index in [4.69, 9.17) is 13.9 Å². The van der Waals surface area contributed by atoms with Crippen LogP contribution in [0.3, 0.4) is 0 Å². The first-order chi connectivity index (χ1) is 11.0. The first kappa shape index (κ1) is 15.4. The summed E-state index contributed by atoms with van der Waals surface area (Å²) < 4.78 is 10.7. The molecule has 0 radical (unpaired) electrons. The van der Waals surface area contributed by atoms with Crippen molar-refractivity contribution in [2.24, 2.45) is 0 Å². The van der Waals surface area contributed by atoms with Gasteiger partial charge in [-0.15, -0.1) is 10.2 Å². The zero-order chi connectivity index (χ0) is 16.4. The van der Waals surface area contributed by atoms with Gasteiger partial charge in [-0.2, -0.15) is 0 Å². The van der Waals surface area contributed by atoms with Gasteiger partial charge in [0.05, 0.1) is 5.75 Å². The molecular weight excluding hydrogens is 316 g/mol. The lowest BCUT2D eigenvalue weighted by Crippen LogP contribution is -1.98. The smallest absolute Gasteiger partial charge is 0.277 e. The SMILES string of the molecule is Cc1ccc(-c2nnc(SCc3cc(=O)c(O)co3)o2)cc1C. The van der Waals surface area contributed by atoms with Crippen molar-refractivity contribution in [3.8, 4) is 17.2 Å². The summed E-state index contributed by atoms with van der Waals surface area (Å²) in [5.41, 5.74) is 2.74. The predicted molar refractivity (Wildman–Crippen MR) is 85.4 cm³/mol. The Bertz CT molecular complexity index is 901. The summed E-state index contributed by atoms with van der Waals surface area (Å²) in [5, 5.41) is 17.5. The summed E-state index contributed by atoms with van der Waals surface area (Å²) in [5.74, 6) is 0.810. The van der Waals surface area contributed by atoms with Gasteiger partial charge < -0.3 is 13.9 Å². The van der Waals surface area contributed by atoms with E-state index in [9.17, 15) is 4.79 Å². The molecule has 0 aliphatic carbocycles. The lowest BCUT2D eigenvalue weighted by molar-refractivity contribution is 0.418. The maximum absolute atomic E-state index is 11.3. The molecule has 0 unspecified atom stereocenters. The van der Waals surface area contributed by atoms with Crippen LogP contribution in [0.5, 0.6) is 5.75 Å². The Morgan fingerprint density at radius 1 is 1.17 bits per heavy atom. The number of aromatic nitrogens is 2. The van der Waals surface area contributed by atoms with Crippen LogP contribution >= 0.6 is 11.8 Å². The van der Waals surface area contributed by atoms with Crippen molar-refractivity contribution in [3.05, 3.63) is 57.6 Å². The first-order valence-corrected chi connectivity index (χ1v) is 7.86. The molecule has 3 rings (SSSR count). The minimum Gasteiger partial charge on any atom is -0.502 e. The van der Waals surface area contributed by atoms with Crippen molar-refractivity contribution in [1.29, 1.82) is 0 Å². The van der Waals surface area contributed by atoms with Gasteiger partial charge in [0.2, 0.25) is 11.3 Å². The molecule has 0 aliphatic rings. The van der Waals surface area contributed by atoms with Gasteiger partial charge in [0, 0.05) is 11.6 Å². The quantitative estimate of drug-likeness (QED) is 0.734. The molecule has 0 saturated heterocycles. The second-order valence-corrected chi connectivity index (χ2v) is 5.98. The summed E-state index contributed by atoms with van der Waals surface area (Å²) in [6.45, 7) is 4.07. The van der Waals surface area contributed by atoms with E-state index in [0.29, 0.717) is 22.6 Å². The lowest BCUT2D eigenvalue weighted by atomic mass is 10.1. The molecule has 1 aromatic carbocycles. The molecule has 2 heterocycles. The molecule has 0 atom stereocenters. The van der Waals surface area contributed by atoms with E-state index in [1.54, 1.807) is 0 Å². The molecule has 6 nitrogen and oxygen atoms in total. The molecule has 0 fully saturated rings. The van der Waals surface area contributed by atoms with Gasteiger partial charge in [-0.25, -0.2) is 0 Å². The number of nitrogens with zero attached hydrogens (tertiary/aromatic N) is 2. The number of aromatic hydroxyl groups is 1. The van der Waals surface area contributed by atoms with Gasteiger partial charge in [-0.05, 0) is 37.1 Å². The van der Waals surface area contributed by atoms with Crippen LogP contribution in [-0.4, -0.2) is 15.3 Å². The Balaban J connectivity index is 1.73. The molecule has 0 aliphatic heterocycles. The van der Waals surface area contributed by atoms with Crippen molar-refractivity contribution < 1.29 is 13.9 Å². The number of hydrogen-bond donors (Lipinski definition) is 1. The van der Waals surface area contributed by atoms with Gasteiger partial charge in [0.1, 0.15) is 12.0 Å². The Kier molecular flexibility index (Phi) is 4.20. The number of rotatable bonds is 4. The summed E-state index contributed by atoms with van der Waals surface area (Å²) in [4.78, 5) is 11.3. The fourth-order valence-electron chi connectivity index (χ4n) is 1.91. The number of aryl methyl sites for hydroxylation is 2. The molecule has 3 aromatic rings. The van der Waals surface area contributed by atoms with Crippen LogP contribution in [0.15, 0.2) is 49.4 Å². The first-order valence-electron chi connectivity index (χ1n) is 6.87. The van der Waals surface area contributed by atoms with E-state index in [0.717, 1.165) is 17.4 Å². The molecule has 118 valence electrons. The summed E-state index contributed by atoms with van der Waals surface area (Å²) in [6, 6.07) is 7.18. The van der Waals surface area contributed by atoms with Crippen molar-refractivity contribution in [2.45, 2.75) is 24.8 Å². The standard InChI is InChI=1S/C16H14N2O4S/c1-9-3-4-11(5-10(9)2)15-17-18-16(22-15)23-8-12-6-13(19)14(20)7-21-12/h3-7,20H,8H2,1-2H3. The molecule has 2 aromatic heterocycles. The third-order valence-corrected chi connectivity index (χ3v) is 4.21. The van der Waals surface area contributed by atoms with E-state index >= 15 is 0 Å². The molecule has 0 saturated carbocycles. The van der Waals surface area contributed by atoms with Gasteiger partial charge in [-0.1, -0.05) is 17.8 Å². The Morgan fingerprint density at radius 3 is 2.74 bits per heavy atom. The zero-order valence-corrected chi connectivity index (χ0v) is 13.4. The number of hydrogen-bond acceptors (Lipinski definition) is 7. The highest BCUT2D eigenvalue weighted by molar-refractivity contribution is 7.98. The van der Waals surface area contributed by atoms with Crippen molar-refractivity contribution in [1.82, 2.24) is 10.2 Å². The average Bonchev–Trinajstić information content (AvgIpc) is 3.00. The van der Waals surface area contributed by atoms with Crippen molar-refractivity contribution in [3.63, 3.8) is 0 Å².